The molecule has 0 amide bonds. The molecule has 0 saturated heterocycles. The van der Waals surface area contributed by atoms with Gasteiger partial charge in [-0.1, -0.05) is 13.8 Å². The normalized spacial score (nSPS) is 12.5. The Labute approximate surface area is 66.2 Å². The second kappa shape index (κ2) is 4.85. The van der Waals surface area contributed by atoms with E-state index in [9.17, 15) is 4.57 Å². The van der Waals surface area contributed by atoms with E-state index in [1.165, 1.54) is 0 Å². The lowest BCUT2D eigenvalue weighted by Crippen LogP contribution is -2.25. The predicted octanol–water partition coefficient (Wildman–Crippen LogP) is 0.395. The maximum atomic E-state index is 10.2. The highest BCUT2D eigenvalue weighted by molar-refractivity contribution is 7.46. The van der Waals surface area contributed by atoms with Crippen LogP contribution in [0.3, 0.4) is 0 Å². The fourth-order valence-electron chi connectivity index (χ4n) is 0.563. The van der Waals surface area contributed by atoms with Crippen LogP contribution in [0.1, 0.15) is 13.8 Å². The van der Waals surface area contributed by atoms with E-state index in [-0.39, 0.29) is 6.73 Å². The molecule has 0 aromatic rings. The first-order valence-corrected chi connectivity index (χ1v) is 4.95. The van der Waals surface area contributed by atoms with Crippen molar-refractivity contribution in [1.82, 2.24) is 4.90 Å². The third-order valence-electron chi connectivity index (χ3n) is 1.30. The topological polar surface area (TPSA) is 70.0 Å². The highest BCUT2D eigenvalue weighted by atomic mass is 31.2. The molecule has 0 atom stereocenters. The van der Waals surface area contributed by atoms with Gasteiger partial charge in [-0.15, -0.1) is 0 Å². The Bertz CT molecular complexity index is 141. The van der Waals surface area contributed by atoms with Crippen LogP contribution in [0.25, 0.3) is 0 Å². The second-order valence-corrected chi connectivity index (χ2v) is 3.29. The number of phosphoric acid groups is 1. The van der Waals surface area contributed by atoms with Crippen LogP contribution in [-0.4, -0.2) is 34.5 Å². The maximum absolute atomic E-state index is 10.2. The van der Waals surface area contributed by atoms with Gasteiger partial charge in [0.15, 0.2) is 0 Å². The van der Waals surface area contributed by atoms with E-state index in [0.717, 1.165) is 13.1 Å². The van der Waals surface area contributed by atoms with Crippen molar-refractivity contribution in [3.63, 3.8) is 0 Å². The van der Waals surface area contributed by atoms with Gasteiger partial charge >= 0.3 is 7.82 Å². The molecule has 0 bridgehead atoms. The van der Waals surface area contributed by atoms with Gasteiger partial charge in [-0.3, -0.25) is 9.42 Å². The molecule has 68 valence electrons. The monoisotopic (exact) mass is 183 g/mol. The van der Waals surface area contributed by atoms with E-state index < -0.39 is 7.82 Å². The van der Waals surface area contributed by atoms with Crippen LogP contribution in [-0.2, 0) is 9.09 Å². The first-order chi connectivity index (χ1) is 4.99. The Balaban J connectivity index is 3.59. The fourth-order valence-corrected chi connectivity index (χ4v) is 0.877. The third kappa shape index (κ3) is 6.47. The molecule has 5 nitrogen and oxygen atoms in total. The number of hydrogen-bond acceptors (Lipinski definition) is 3. The molecule has 0 aromatic carbocycles. The van der Waals surface area contributed by atoms with Crippen LogP contribution in [0.15, 0.2) is 0 Å². The first kappa shape index (κ1) is 11.1. The summed E-state index contributed by atoms with van der Waals surface area (Å²) in [5.41, 5.74) is 0. The van der Waals surface area contributed by atoms with Crippen molar-refractivity contribution >= 4 is 7.82 Å². The molecule has 0 fully saturated rings. The standard InChI is InChI=1S/C5H14NO4P/c1-3-6(4-2)5-10-11(7,8)9/h3-5H2,1-2H3,(H2,7,8,9). The molecular weight excluding hydrogens is 169 g/mol. The number of hydrogen-bond donors (Lipinski definition) is 2. The van der Waals surface area contributed by atoms with Crippen molar-refractivity contribution < 1.29 is 18.9 Å². The fraction of sp³-hybridized carbons (Fsp3) is 1.00. The van der Waals surface area contributed by atoms with Crippen LogP contribution < -0.4 is 0 Å². The summed E-state index contributed by atoms with van der Waals surface area (Å²) in [6.07, 6.45) is 0. The lowest BCUT2D eigenvalue weighted by Gasteiger charge is -2.17. The van der Waals surface area contributed by atoms with Crippen LogP contribution in [0.2, 0.25) is 0 Å². The smallest absolute Gasteiger partial charge is 0.303 e. The van der Waals surface area contributed by atoms with Crippen LogP contribution in [0, 0.1) is 0 Å². The summed E-state index contributed by atoms with van der Waals surface area (Å²) in [4.78, 5) is 18.4. The highest BCUT2D eigenvalue weighted by Gasteiger charge is 2.14. The van der Waals surface area contributed by atoms with Gasteiger partial charge in [0, 0.05) is 0 Å². The Morgan fingerprint density at radius 2 is 1.82 bits per heavy atom. The summed E-state index contributed by atoms with van der Waals surface area (Å²) in [6, 6.07) is 0. The molecule has 0 radical (unpaired) electrons. The van der Waals surface area contributed by atoms with Crippen molar-refractivity contribution in [3.8, 4) is 0 Å². The molecule has 0 rings (SSSR count). The Hall–Kier alpha value is 0.0700. The van der Waals surface area contributed by atoms with Crippen LogP contribution >= 0.6 is 7.82 Å². The molecule has 0 aliphatic carbocycles. The van der Waals surface area contributed by atoms with Crippen molar-refractivity contribution in [2.75, 3.05) is 19.8 Å². The van der Waals surface area contributed by atoms with Gasteiger partial charge in [-0.05, 0) is 13.1 Å². The molecule has 0 aliphatic heterocycles. The molecular formula is C5H14NO4P. The minimum Gasteiger partial charge on any atom is -0.303 e. The van der Waals surface area contributed by atoms with Gasteiger partial charge < -0.3 is 9.79 Å². The third-order valence-corrected chi connectivity index (χ3v) is 1.75. The number of phosphoric ester groups is 1. The molecule has 0 aromatic heterocycles. The second-order valence-electron chi connectivity index (χ2n) is 2.05. The van der Waals surface area contributed by atoms with Gasteiger partial charge in [0.25, 0.3) is 0 Å². The molecule has 6 heteroatoms. The van der Waals surface area contributed by atoms with Crippen molar-refractivity contribution in [2.45, 2.75) is 13.8 Å². The predicted molar refractivity (Wildman–Crippen MR) is 40.9 cm³/mol. The van der Waals surface area contributed by atoms with Crippen LogP contribution in [0.4, 0.5) is 0 Å². The van der Waals surface area contributed by atoms with Crippen molar-refractivity contribution in [1.29, 1.82) is 0 Å². The van der Waals surface area contributed by atoms with Gasteiger partial charge in [0.2, 0.25) is 0 Å². The molecule has 0 unspecified atom stereocenters. The molecule has 2 N–H and O–H groups in total. The lowest BCUT2D eigenvalue weighted by molar-refractivity contribution is 0.0991. The Morgan fingerprint density at radius 3 is 2.09 bits per heavy atom. The van der Waals surface area contributed by atoms with Gasteiger partial charge in [-0.2, -0.15) is 0 Å². The summed E-state index contributed by atoms with van der Waals surface area (Å²) in [6.45, 7) is 5.21. The molecule has 0 saturated carbocycles. The average Bonchev–Trinajstić information content (AvgIpc) is 1.88. The highest BCUT2D eigenvalue weighted by Crippen LogP contribution is 2.35. The van der Waals surface area contributed by atoms with E-state index >= 15 is 0 Å². The minimum absolute atomic E-state index is 0.0166. The van der Waals surface area contributed by atoms with E-state index in [1.54, 1.807) is 4.90 Å². The zero-order chi connectivity index (χ0) is 8.91. The van der Waals surface area contributed by atoms with Gasteiger partial charge in [0.05, 0.1) is 0 Å². The van der Waals surface area contributed by atoms with Crippen LogP contribution in [0.5, 0.6) is 0 Å². The molecule has 0 aliphatic rings. The number of rotatable bonds is 5. The summed E-state index contributed by atoms with van der Waals surface area (Å²) in [5, 5.41) is 0. The largest absolute Gasteiger partial charge is 0.470 e. The molecule has 0 spiro atoms. The molecule has 11 heavy (non-hydrogen) atoms. The minimum atomic E-state index is -4.29. The quantitative estimate of drug-likeness (QED) is 0.476. The van der Waals surface area contributed by atoms with E-state index in [4.69, 9.17) is 9.79 Å². The Morgan fingerprint density at radius 1 is 1.36 bits per heavy atom. The zero-order valence-corrected chi connectivity index (χ0v) is 7.62. The molecule has 0 heterocycles. The SMILES string of the molecule is CCN(CC)COP(=O)(O)O. The summed E-state index contributed by atoms with van der Waals surface area (Å²) in [5.74, 6) is 0. The van der Waals surface area contributed by atoms with Crippen molar-refractivity contribution in [3.05, 3.63) is 0 Å². The maximum Gasteiger partial charge on any atom is 0.470 e. The lowest BCUT2D eigenvalue weighted by atomic mass is 10.6. The summed E-state index contributed by atoms with van der Waals surface area (Å²) < 4.78 is 14.5. The van der Waals surface area contributed by atoms with Gasteiger partial charge in [0.1, 0.15) is 6.73 Å². The van der Waals surface area contributed by atoms with E-state index in [2.05, 4.69) is 4.52 Å². The first-order valence-electron chi connectivity index (χ1n) is 3.42. The zero-order valence-electron chi connectivity index (χ0n) is 6.73. The Kier molecular flexibility index (Phi) is 4.88. The summed E-state index contributed by atoms with van der Waals surface area (Å²) in [7, 11) is -4.29. The number of nitrogens with zero attached hydrogens (tertiary/aromatic N) is 1. The average molecular weight is 183 g/mol. The van der Waals surface area contributed by atoms with Gasteiger partial charge in [-0.25, -0.2) is 4.57 Å². The van der Waals surface area contributed by atoms with E-state index in [0.29, 0.717) is 0 Å². The summed E-state index contributed by atoms with van der Waals surface area (Å²) >= 11 is 0. The van der Waals surface area contributed by atoms with E-state index in [1.807, 2.05) is 13.8 Å². The van der Waals surface area contributed by atoms with Crippen molar-refractivity contribution in [2.24, 2.45) is 0 Å².